The Morgan fingerprint density at radius 1 is 1.26 bits per heavy atom. The molecular formula is C19H15ClN2O3S2. The molecule has 1 aromatic carbocycles. The maximum atomic E-state index is 12.8. The highest BCUT2D eigenvalue weighted by Crippen LogP contribution is 2.38. The summed E-state index contributed by atoms with van der Waals surface area (Å²) < 4.78 is 5.93. The monoisotopic (exact) mass is 418 g/mol. The SMILES string of the molecule is CCOC(=O)c1sc(NC(=O)c2sc3cc(C)ccc3c2Cl)c(C#N)c1C. The number of fused-ring (bicyclic) bond motifs is 1. The molecule has 1 amide bonds. The van der Waals surface area contributed by atoms with E-state index < -0.39 is 11.9 Å². The van der Waals surface area contributed by atoms with Gasteiger partial charge in [0, 0.05) is 10.1 Å². The molecule has 0 aliphatic rings. The third-order valence-electron chi connectivity index (χ3n) is 3.94. The van der Waals surface area contributed by atoms with Crippen LogP contribution >= 0.6 is 34.3 Å². The van der Waals surface area contributed by atoms with Crippen molar-refractivity contribution in [1.29, 1.82) is 5.26 Å². The Bertz CT molecular complexity index is 1110. The highest BCUT2D eigenvalue weighted by Gasteiger charge is 2.24. The Kier molecular flexibility index (Phi) is 5.51. The summed E-state index contributed by atoms with van der Waals surface area (Å²) in [5.74, 6) is -0.917. The van der Waals surface area contributed by atoms with Crippen LogP contribution < -0.4 is 5.32 Å². The lowest BCUT2D eigenvalue weighted by Gasteiger charge is -2.01. The van der Waals surface area contributed by atoms with E-state index in [1.54, 1.807) is 13.8 Å². The maximum absolute atomic E-state index is 12.8. The lowest BCUT2D eigenvalue weighted by atomic mass is 10.1. The summed E-state index contributed by atoms with van der Waals surface area (Å²) in [5, 5.41) is 13.7. The van der Waals surface area contributed by atoms with Gasteiger partial charge in [-0.15, -0.1) is 22.7 Å². The lowest BCUT2D eigenvalue weighted by molar-refractivity contribution is 0.0531. The minimum Gasteiger partial charge on any atom is -0.462 e. The van der Waals surface area contributed by atoms with Crippen LogP contribution in [0.3, 0.4) is 0 Å². The molecule has 5 nitrogen and oxygen atoms in total. The zero-order chi connectivity index (χ0) is 19.7. The topological polar surface area (TPSA) is 79.2 Å². The first-order chi connectivity index (χ1) is 12.9. The quantitative estimate of drug-likeness (QED) is 0.564. The Morgan fingerprint density at radius 2 is 2.00 bits per heavy atom. The molecule has 3 aromatic rings. The number of anilines is 1. The number of aryl methyl sites for hydroxylation is 1. The van der Waals surface area contributed by atoms with Gasteiger partial charge in [-0.25, -0.2) is 4.79 Å². The van der Waals surface area contributed by atoms with E-state index in [1.165, 1.54) is 11.3 Å². The largest absolute Gasteiger partial charge is 0.462 e. The maximum Gasteiger partial charge on any atom is 0.348 e. The molecular weight excluding hydrogens is 404 g/mol. The fourth-order valence-corrected chi connectivity index (χ4v) is 5.16. The van der Waals surface area contributed by atoms with Gasteiger partial charge in [0.25, 0.3) is 5.91 Å². The van der Waals surface area contributed by atoms with Crippen LogP contribution in [-0.4, -0.2) is 18.5 Å². The van der Waals surface area contributed by atoms with Gasteiger partial charge >= 0.3 is 5.97 Å². The van der Waals surface area contributed by atoms with Gasteiger partial charge in [0.15, 0.2) is 0 Å². The third-order valence-corrected chi connectivity index (χ3v) is 6.78. The fraction of sp³-hybridized carbons (Fsp3) is 0.211. The minimum atomic E-state index is -0.507. The van der Waals surface area contributed by atoms with E-state index >= 15 is 0 Å². The molecule has 2 heterocycles. The first kappa shape index (κ1) is 19.4. The molecule has 27 heavy (non-hydrogen) atoms. The number of hydrogen-bond acceptors (Lipinski definition) is 6. The smallest absolute Gasteiger partial charge is 0.348 e. The van der Waals surface area contributed by atoms with Crippen LogP contribution in [-0.2, 0) is 4.74 Å². The van der Waals surface area contributed by atoms with Crippen LogP contribution in [0.15, 0.2) is 18.2 Å². The van der Waals surface area contributed by atoms with Crippen molar-refractivity contribution in [2.75, 3.05) is 11.9 Å². The van der Waals surface area contributed by atoms with Gasteiger partial charge < -0.3 is 10.1 Å². The van der Waals surface area contributed by atoms with Crippen molar-refractivity contribution in [2.24, 2.45) is 0 Å². The second-order valence-corrected chi connectivity index (χ2v) is 8.24. The predicted molar refractivity (Wildman–Crippen MR) is 109 cm³/mol. The average Bonchev–Trinajstić information content (AvgIpc) is 3.11. The van der Waals surface area contributed by atoms with E-state index in [4.69, 9.17) is 16.3 Å². The highest BCUT2D eigenvalue weighted by atomic mass is 35.5. The molecule has 8 heteroatoms. The number of ether oxygens (including phenoxy) is 1. The second-order valence-electron chi connectivity index (χ2n) is 5.79. The Balaban J connectivity index is 1.97. The number of esters is 1. The molecule has 1 N–H and O–H groups in total. The molecule has 0 aliphatic heterocycles. The van der Waals surface area contributed by atoms with Gasteiger partial charge in [-0.3, -0.25) is 4.79 Å². The number of benzene rings is 1. The number of carbonyl (C=O) groups excluding carboxylic acids is 2. The standard InChI is InChI=1S/C19H15ClN2O3S2/c1-4-25-19(24)15-10(3)12(8-21)18(27-15)22-17(23)16-14(20)11-6-5-9(2)7-13(11)26-16/h5-7H,4H2,1-3H3,(H,22,23). The van der Waals surface area contributed by atoms with Gasteiger partial charge in [0.1, 0.15) is 20.8 Å². The molecule has 0 atom stereocenters. The highest BCUT2D eigenvalue weighted by molar-refractivity contribution is 7.22. The van der Waals surface area contributed by atoms with Gasteiger partial charge in [0.2, 0.25) is 0 Å². The summed E-state index contributed by atoms with van der Waals surface area (Å²) in [6.07, 6.45) is 0. The molecule has 0 aliphatic carbocycles. The lowest BCUT2D eigenvalue weighted by Crippen LogP contribution is -2.10. The van der Waals surface area contributed by atoms with Crippen LogP contribution in [0, 0.1) is 25.2 Å². The molecule has 0 spiro atoms. The van der Waals surface area contributed by atoms with E-state index in [1.807, 2.05) is 31.2 Å². The van der Waals surface area contributed by atoms with Gasteiger partial charge in [0.05, 0.1) is 17.2 Å². The number of nitrogens with one attached hydrogen (secondary N) is 1. The summed E-state index contributed by atoms with van der Waals surface area (Å²) in [7, 11) is 0. The van der Waals surface area contributed by atoms with E-state index in [9.17, 15) is 14.9 Å². The fourth-order valence-electron chi connectivity index (χ4n) is 2.61. The number of thiophene rings is 2. The van der Waals surface area contributed by atoms with Crippen molar-refractivity contribution in [3.8, 4) is 6.07 Å². The van der Waals surface area contributed by atoms with Crippen LogP contribution in [0.4, 0.5) is 5.00 Å². The van der Waals surface area contributed by atoms with Crippen molar-refractivity contribution in [1.82, 2.24) is 0 Å². The number of carbonyl (C=O) groups is 2. The zero-order valence-electron chi connectivity index (χ0n) is 14.8. The molecule has 3 rings (SSSR count). The first-order valence-electron chi connectivity index (χ1n) is 8.08. The Hall–Kier alpha value is -2.40. The van der Waals surface area contributed by atoms with Crippen molar-refractivity contribution in [2.45, 2.75) is 20.8 Å². The van der Waals surface area contributed by atoms with Crippen LogP contribution in [0.2, 0.25) is 5.02 Å². The second kappa shape index (κ2) is 7.69. The van der Waals surface area contributed by atoms with Crippen molar-refractivity contribution < 1.29 is 14.3 Å². The van der Waals surface area contributed by atoms with Gasteiger partial charge in [-0.1, -0.05) is 23.7 Å². The van der Waals surface area contributed by atoms with E-state index in [0.717, 1.165) is 27.0 Å². The van der Waals surface area contributed by atoms with Crippen LogP contribution in [0.25, 0.3) is 10.1 Å². The summed E-state index contributed by atoms with van der Waals surface area (Å²) in [4.78, 5) is 25.5. The zero-order valence-corrected chi connectivity index (χ0v) is 17.2. The number of halogens is 1. The third kappa shape index (κ3) is 3.56. The first-order valence-corrected chi connectivity index (χ1v) is 10.1. The van der Waals surface area contributed by atoms with Crippen molar-refractivity contribution >= 4 is 61.2 Å². The van der Waals surface area contributed by atoms with Crippen LogP contribution in [0.5, 0.6) is 0 Å². The molecule has 138 valence electrons. The van der Waals surface area contributed by atoms with E-state index in [-0.39, 0.29) is 12.2 Å². The number of nitriles is 1. The molecule has 2 aromatic heterocycles. The number of rotatable bonds is 4. The Labute approximate surface area is 169 Å². The molecule has 0 radical (unpaired) electrons. The number of nitrogens with zero attached hydrogens (tertiary/aromatic N) is 1. The van der Waals surface area contributed by atoms with E-state index in [0.29, 0.717) is 25.3 Å². The van der Waals surface area contributed by atoms with Gasteiger partial charge in [-0.05, 0) is 38.0 Å². The number of amides is 1. The summed E-state index contributed by atoms with van der Waals surface area (Å²) in [5.41, 5.74) is 1.82. The predicted octanol–water partition coefficient (Wildman–Crippen LogP) is 5.53. The molecule has 0 bridgehead atoms. The normalized spacial score (nSPS) is 10.6. The van der Waals surface area contributed by atoms with E-state index in [2.05, 4.69) is 5.32 Å². The average molecular weight is 419 g/mol. The minimum absolute atomic E-state index is 0.233. The van der Waals surface area contributed by atoms with Crippen molar-refractivity contribution in [3.05, 3.63) is 49.7 Å². The number of hydrogen-bond donors (Lipinski definition) is 1. The summed E-state index contributed by atoms with van der Waals surface area (Å²) >= 11 is 8.71. The Morgan fingerprint density at radius 3 is 2.67 bits per heavy atom. The van der Waals surface area contributed by atoms with Gasteiger partial charge in [-0.2, -0.15) is 5.26 Å². The molecule has 0 saturated heterocycles. The summed E-state index contributed by atoms with van der Waals surface area (Å²) in [6.45, 7) is 5.57. The summed E-state index contributed by atoms with van der Waals surface area (Å²) in [6, 6.07) is 7.83. The van der Waals surface area contributed by atoms with Crippen molar-refractivity contribution in [3.63, 3.8) is 0 Å². The molecule has 0 saturated carbocycles. The van der Waals surface area contributed by atoms with Crippen LogP contribution in [0.1, 0.15) is 43.0 Å². The molecule has 0 unspecified atom stereocenters. The molecule has 0 fully saturated rings.